The zero-order chi connectivity index (χ0) is 20.9. The molecule has 148 valence electrons. The molecule has 0 aromatic carbocycles. The lowest BCUT2D eigenvalue weighted by molar-refractivity contribution is -0.192. The van der Waals surface area contributed by atoms with Gasteiger partial charge in [0.25, 0.3) is 0 Å². The number of rotatable bonds is 4. The molecule has 0 saturated heterocycles. The molecule has 0 fully saturated rings. The fourth-order valence-electron chi connectivity index (χ4n) is 2.48. The van der Waals surface area contributed by atoms with Crippen molar-refractivity contribution in [3.05, 3.63) is 36.9 Å². The molecule has 0 spiro atoms. The van der Waals surface area contributed by atoms with Crippen LogP contribution in [0.2, 0.25) is 0 Å². The third kappa shape index (κ3) is 4.88. The monoisotopic (exact) mass is 393 g/mol. The van der Waals surface area contributed by atoms with E-state index in [0.29, 0.717) is 6.42 Å². The molecule has 3 aromatic rings. The molecule has 3 heterocycles. The number of nitriles is 1. The Hall–Kier alpha value is -3.35. The van der Waals surface area contributed by atoms with Crippen LogP contribution in [0.4, 0.5) is 13.2 Å². The summed E-state index contributed by atoms with van der Waals surface area (Å²) in [5.41, 5.74) is 2.89. The molecule has 3 aromatic heterocycles. The summed E-state index contributed by atoms with van der Waals surface area (Å²) in [6.07, 6.45) is 3.82. The number of carboxylic acids is 1. The summed E-state index contributed by atoms with van der Waals surface area (Å²) in [6, 6.07) is 6.22. The first-order valence-electron chi connectivity index (χ1n) is 8.21. The molecule has 7 nitrogen and oxygen atoms in total. The molecular formula is C18H18F3N5O2. The van der Waals surface area contributed by atoms with Crippen LogP contribution in [0.1, 0.15) is 26.7 Å². The number of nitrogens with zero attached hydrogens (tertiary/aromatic N) is 4. The molecule has 0 aliphatic carbocycles. The number of carbonyl (C=O) groups is 1. The summed E-state index contributed by atoms with van der Waals surface area (Å²) in [6.45, 7) is 4.19. The van der Waals surface area contributed by atoms with Gasteiger partial charge in [0.15, 0.2) is 0 Å². The molecule has 0 unspecified atom stereocenters. The van der Waals surface area contributed by atoms with Crippen molar-refractivity contribution in [3.8, 4) is 17.2 Å². The Morgan fingerprint density at radius 2 is 2.04 bits per heavy atom. The van der Waals surface area contributed by atoms with Crippen LogP contribution in [0.25, 0.3) is 22.2 Å². The number of aromatic amines is 1. The Balaban J connectivity index is 0.000000345. The SMILES string of the molecule is CC(C)(CCC#N)n1cc(-c2ccnc3[nH]ccc23)cn1.O=C(O)C(F)(F)F. The van der Waals surface area contributed by atoms with Crippen LogP contribution in [0.5, 0.6) is 0 Å². The van der Waals surface area contributed by atoms with Gasteiger partial charge in [0.1, 0.15) is 5.65 Å². The quantitative estimate of drug-likeness (QED) is 0.694. The zero-order valence-corrected chi connectivity index (χ0v) is 15.2. The molecule has 28 heavy (non-hydrogen) atoms. The topological polar surface area (TPSA) is 108 Å². The number of nitrogens with one attached hydrogen (secondary N) is 1. The van der Waals surface area contributed by atoms with Gasteiger partial charge in [0, 0.05) is 36.0 Å². The fourth-order valence-corrected chi connectivity index (χ4v) is 2.48. The maximum absolute atomic E-state index is 10.6. The Morgan fingerprint density at radius 3 is 2.64 bits per heavy atom. The molecule has 0 bridgehead atoms. The predicted octanol–water partition coefficient (Wildman–Crippen LogP) is 4.10. The molecule has 3 rings (SSSR count). The highest BCUT2D eigenvalue weighted by molar-refractivity contribution is 5.92. The number of aliphatic carboxylic acids is 1. The molecule has 0 amide bonds. The standard InChI is InChI=1S/C16H17N5.C2HF3O2/c1-16(2,6-3-7-17)21-11-12(10-20-21)13-4-8-18-15-14(13)5-9-19-15;3-2(4,5)1(6)7/h4-5,8-11H,3,6H2,1-2H3,(H,18,19);(H,6,7). The van der Waals surface area contributed by atoms with E-state index in [1.165, 1.54) is 0 Å². The number of hydrogen-bond acceptors (Lipinski definition) is 4. The maximum atomic E-state index is 10.6. The van der Waals surface area contributed by atoms with Gasteiger partial charge < -0.3 is 10.1 Å². The highest BCUT2D eigenvalue weighted by Gasteiger charge is 2.38. The van der Waals surface area contributed by atoms with E-state index in [2.05, 4.69) is 35.0 Å². The van der Waals surface area contributed by atoms with Gasteiger partial charge in [-0.3, -0.25) is 4.68 Å². The minimum Gasteiger partial charge on any atom is -0.475 e. The van der Waals surface area contributed by atoms with Crippen molar-refractivity contribution < 1.29 is 23.1 Å². The number of aromatic nitrogens is 4. The number of halogens is 3. The molecular weight excluding hydrogens is 375 g/mol. The van der Waals surface area contributed by atoms with Crippen molar-refractivity contribution in [2.75, 3.05) is 0 Å². The number of H-pyrrole nitrogens is 1. The third-order valence-corrected chi connectivity index (χ3v) is 4.07. The average Bonchev–Trinajstić information content (AvgIpc) is 3.29. The van der Waals surface area contributed by atoms with Crippen LogP contribution in [-0.4, -0.2) is 37.0 Å². The Kier molecular flexibility index (Phi) is 6.08. The average molecular weight is 393 g/mol. The van der Waals surface area contributed by atoms with E-state index < -0.39 is 12.1 Å². The summed E-state index contributed by atoms with van der Waals surface area (Å²) in [5.74, 6) is -2.76. The van der Waals surface area contributed by atoms with E-state index in [0.717, 1.165) is 28.6 Å². The van der Waals surface area contributed by atoms with Crippen LogP contribution in [0.3, 0.4) is 0 Å². The number of hydrogen-bond donors (Lipinski definition) is 2. The van der Waals surface area contributed by atoms with E-state index >= 15 is 0 Å². The van der Waals surface area contributed by atoms with Gasteiger partial charge in [-0.15, -0.1) is 0 Å². The summed E-state index contributed by atoms with van der Waals surface area (Å²) >= 11 is 0. The second kappa shape index (κ2) is 8.12. The minimum absolute atomic E-state index is 0.168. The summed E-state index contributed by atoms with van der Waals surface area (Å²) in [4.78, 5) is 16.3. The predicted molar refractivity (Wildman–Crippen MR) is 95.2 cm³/mol. The highest BCUT2D eigenvalue weighted by atomic mass is 19.4. The first-order valence-corrected chi connectivity index (χ1v) is 8.21. The molecule has 0 radical (unpaired) electrons. The Bertz CT molecular complexity index is 998. The maximum Gasteiger partial charge on any atom is 0.490 e. The highest BCUT2D eigenvalue weighted by Crippen LogP contribution is 2.29. The van der Waals surface area contributed by atoms with Gasteiger partial charge in [-0.2, -0.15) is 23.5 Å². The largest absolute Gasteiger partial charge is 0.490 e. The Morgan fingerprint density at radius 1 is 1.36 bits per heavy atom. The number of fused-ring (bicyclic) bond motifs is 1. The van der Waals surface area contributed by atoms with Gasteiger partial charge in [-0.05, 0) is 38.0 Å². The fraction of sp³-hybridized carbons (Fsp3) is 0.333. The molecule has 0 saturated carbocycles. The second-order valence-corrected chi connectivity index (χ2v) is 6.55. The van der Waals surface area contributed by atoms with Gasteiger partial charge in [-0.1, -0.05) is 0 Å². The molecule has 0 aliphatic heterocycles. The number of carboxylic acid groups (broad SMARTS) is 1. The molecule has 0 atom stereocenters. The number of alkyl halides is 3. The van der Waals surface area contributed by atoms with Crippen LogP contribution in [0.15, 0.2) is 36.9 Å². The molecule has 2 N–H and O–H groups in total. The Labute approximate surface area is 158 Å². The van der Waals surface area contributed by atoms with E-state index in [1.54, 1.807) is 6.20 Å². The third-order valence-electron chi connectivity index (χ3n) is 4.07. The van der Waals surface area contributed by atoms with E-state index in [9.17, 15) is 13.2 Å². The molecule has 10 heteroatoms. The van der Waals surface area contributed by atoms with Gasteiger partial charge in [0.05, 0.1) is 17.8 Å². The van der Waals surface area contributed by atoms with Crippen molar-refractivity contribution in [2.45, 2.75) is 38.4 Å². The lowest BCUT2D eigenvalue weighted by Crippen LogP contribution is -2.26. The van der Waals surface area contributed by atoms with Gasteiger partial charge in [0.2, 0.25) is 0 Å². The zero-order valence-electron chi connectivity index (χ0n) is 15.2. The molecule has 0 aliphatic rings. The minimum atomic E-state index is -5.08. The first kappa shape index (κ1) is 21.0. The van der Waals surface area contributed by atoms with Crippen molar-refractivity contribution in [1.82, 2.24) is 19.7 Å². The second-order valence-electron chi connectivity index (χ2n) is 6.55. The van der Waals surface area contributed by atoms with Crippen molar-refractivity contribution >= 4 is 17.0 Å². The van der Waals surface area contributed by atoms with Gasteiger partial charge >= 0.3 is 12.1 Å². The van der Waals surface area contributed by atoms with Crippen molar-refractivity contribution in [2.24, 2.45) is 0 Å². The summed E-state index contributed by atoms with van der Waals surface area (Å²) in [5, 5.41) is 21.5. The van der Waals surface area contributed by atoms with E-state index in [1.807, 2.05) is 35.4 Å². The lowest BCUT2D eigenvalue weighted by atomic mass is 9.99. The normalized spacial score (nSPS) is 11.6. The van der Waals surface area contributed by atoms with Crippen LogP contribution < -0.4 is 0 Å². The van der Waals surface area contributed by atoms with E-state index in [-0.39, 0.29) is 5.54 Å². The van der Waals surface area contributed by atoms with E-state index in [4.69, 9.17) is 15.2 Å². The summed E-state index contributed by atoms with van der Waals surface area (Å²) in [7, 11) is 0. The van der Waals surface area contributed by atoms with Gasteiger partial charge in [-0.25, -0.2) is 9.78 Å². The lowest BCUT2D eigenvalue weighted by Gasteiger charge is -2.24. The first-order chi connectivity index (χ1) is 13.1. The van der Waals surface area contributed by atoms with Crippen LogP contribution >= 0.6 is 0 Å². The van der Waals surface area contributed by atoms with Crippen LogP contribution in [0, 0.1) is 11.3 Å². The smallest absolute Gasteiger partial charge is 0.475 e. The summed E-state index contributed by atoms with van der Waals surface area (Å²) < 4.78 is 33.7. The van der Waals surface area contributed by atoms with Crippen molar-refractivity contribution in [3.63, 3.8) is 0 Å². The number of pyridine rings is 1. The van der Waals surface area contributed by atoms with Crippen molar-refractivity contribution in [1.29, 1.82) is 5.26 Å². The van der Waals surface area contributed by atoms with Crippen LogP contribution in [-0.2, 0) is 10.3 Å².